The maximum atomic E-state index is 14.9. The van der Waals surface area contributed by atoms with Gasteiger partial charge in [0.15, 0.2) is 6.10 Å². The molecule has 0 radical (unpaired) electrons. The van der Waals surface area contributed by atoms with Crippen LogP contribution >= 0.6 is 0 Å². The van der Waals surface area contributed by atoms with Crippen LogP contribution in [0.4, 0.5) is 20.4 Å². The molecule has 236 valence electrons. The molecule has 2 N–H and O–H groups in total. The number of nitrogens with zero attached hydrogens (tertiary/aromatic N) is 5. The number of aliphatic hydroxyl groups is 1. The lowest BCUT2D eigenvalue weighted by Gasteiger charge is -2.41. The first-order valence-electron chi connectivity index (χ1n) is 15.3. The molecule has 3 aliphatic heterocycles. The molecular weight excluding hydrogens is 582 g/mol. The Kier molecular flexibility index (Phi) is 8.94. The van der Waals surface area contributed by atoms with Crippen LogP contribution < -0.4 is 10.1 Å². The second-order valence-corrected chi connectivity index (χ2v) is 11.9. The van der Waals surface area contributed by atoms with Gasteiger partial charge < -0.3 is 24.8 Å². The first-order valence-corrected chi connectivity index (χ1v) is 15.3. The van der Waals surface area contributed by atoms with E-state index >= 15 is 0 Å². The standard InChI is InChI=1S/C33H36F2N6O4/c1-21(42)31(43)41-14-10-30(33(34,35)20-41)45-29-6-5-24(15-25(29)17-36)28-7-11-37-32(39-28)38-26-4-2-3-23(16-26)22-8-12-40(13-9-22)27-18-44-19-27/h2-7,11,15-16,21-22,27,30,42H,8-10,12-14,18-20H2,1H3,(H,37,38,39)/t21-,30?/m1/s1. The first-order chi connectivity index (χ1) is 21.7. The summed E-state index contributed by atoms with van der Waals surface area (Å²) in [4.78, 5) is 24.5. The van der Waals surface area contributed by atoms with Crippen LogP contribution in [0.2, 0.25) is 0 Å². The van der Waals surface area contributed by atoms with Crippen LogP contribution in [0.15, 0.2) is 54.7 Å². The zero-order valence-corrected chi connectivity index (χ0v) is 25.0. The summed E-state index contributed by atoms with van der Waals surface area (Å²) in [6, 6.07) is 17.3. The van der Waals surface area contributed by atoms with Gasteiger partial charge >= 0.3 is 5.92 Å². The van der Waals surface area contributed by atoms with Gasteiger partial charge in [-0.05, 0) is 80.7 Å². The molecular formula is C33H36F2N6O4. The molecule has 0 spiro atoms. The average Bonchev–Trinajstić information content (AvgIpc) is 3.01. The van der Waals surface area contributed by atoms with Crippen LogP contribution in [-0.2, 0) is 9.53 Å². The molecule has 1 aromatic heterocycles. The van der Waals surface area contributed by atoms with Gasteiger partial charge in [-0.3, -0.25) is 9.69 Å². The second kappa shape index (κ2) is 13.0. The number of carbonyl (C=O) groups excluding carboxylic acids is 1. The summed E-state index contributed by atoms with van der Waals surface area (Å²) in [5.41, 5.74) is 3.39. The van der Waals surface area contributed by atoms with Gasteiger partial charge in [-0.1, -0.05) is 12.1 Å². The van der Waals surface area contributed by atoms with Gasteiger partial charge in [0.05, 0.1) is 37.1 Å². The molecule has 3 fully saturated rings. The normalized spacial score (nSPS) is 21.4. The van der Waals surface area contributed by atoms with Crippen molar-refractivity contribution in [3.8, 4) is 23.1 Å². The van der Waals surface area contributed by atoms with Crippen LogP contribution in [0.1, 0.15) is 43.2 Å². The van der Waals surface area contributed by atoms with E-state index < -0.39 is 30.6 Å². The molecule has 2 aromatic carbocycles. The number of hydrogen-bond acceptors (Lipinski definition) is 9. The van der Waals surface area contributed by atoms with Gasteiger partial charge in [0.2, 0.25) is 5.95 Å². The number of hydrogen-bond donors (Lipinski definition) is 2. The van der Waals surface area contributed by atoms with Crippen LogP contribution in [0.25, 0.3) is 11.3 Å². The molecule has 12 heteroatoms. The molecule has 0 saturated carbocycles. The van der Waals surface area contributed by atoms with Gasteiger partial charge in [0.25, 0.3) is 5.91 Å². The topological polar surface area (TPSA) is 124 Å². The number of piperidine rings is 2. The van der Waals surface area contributed by atoms with Crippen molar-refractivity contribution in [1.29, 1.82) is 5.26 Å². The largest absolute Gasteiger partial charge is 0.483 e. The van der Waals surface area contributed by atoms with E-state index in [9.17, 15) is 23.9 Å². The van der Waals surface area contributed by atoms with Crippen molar-refractivity contribution in [1.82, 2.24) is 19.8 Å². The minimum atomic E-state index is -3.36. The zero-order valence-electron chi connectivity index (χ0n) is 25.0. The van der Waals surface area contributed by atoms with Crippen molar-refractivity contribution in [3.05, 3.63) is 65.9 Å². The smallest absolute Gasteiger partial charge is 0.301 e. The molecule has 6 rings (SSSR count). The van der Waals surface area contributed by atoms with E-state index in [0.29, 0.717) is 29.2 Å². The van der Waals surface area contributed by atoms with Gasteiger partial charge in [-0.25, -0.2) is 18.7 Å². The highest BCUT2D eigenvalue weighted by molar-refractivity contribution is 5.80. The Bertz CT molecular complexity index is 1570. The Morgan fingerprint density at radius 3 is 2.64 bits per heavy atom. The van der Waals surface area contributed by atoms with Gasteiger partial charge in [0, 0.05) is 30.4 Å². The second-order valence-electron chi connectivity index (χ2n) is 11.9. The van der Waals surface area contributed by atoms with Crippen LogP contribution in [-0.4, -0.2) is 94.3 Å². The summed E-state index contributed by atoms with van der Waals surface area (Å²) in [6.45, 7) is 4.22. The lowest BCUT2D eigenvalue weighted by molar-refractivity contribution is -0.165. The van der Waals surface area contributed by atoms with Crippen molar-refractivity contribution in [3.63, 3.8) is 0 Å². The van der Waals surface area contributed by atoms with Crippen LogP contribution in [0, 0.1) is 11.3 Å². The average molecular weight is 619 g/mol. The van der Waals surface area contributed by atoms with Gasteiger partial charge in [-0.15, -0.1) is 0 Å². The fourth-order valence-corrected chi connectivity index (χ4v) is 6.16. The number of halogens is 2. The SMILES string of the molecule is C[C@@H](O)C(=O)N1CCC(Oc2ccc(-c3ccnc(Nc4cccc(C5CCN(C6COC6)CC5)c4)n3)cc2C#N)C(F)(F)C1. The third-order valence-electron chi connectivity index (χ3n) is 8.80. The first kappa shape index (κ1) is 30.8. The zero-order chi connectivity index (χ0) is 31.6. The summed E-state index contributed by atoms with van der Waals surface area (Å²) in [7, 11) is 0. The van der Waals surface area contributed by atoms with Gasteiger partial charge in [0.1, 0.15) is 17.9 Å². The van der Waals surface area contributed by atoms with E-state index in [1.165, 1.54) is 18.6 Å². The number of carbonyl (C=O) groups is 1. The fraction of sp³-hybridized carbons (Fsp3) is 0.455. The lowest BCUT2D eigenvalue weighted by Crippen LogP contribution is -2.56. The molecule has 45 heavy (non-hydrogen) atoms. The molecule has 3 saturated heterocycles. The molecule has 1 unspecified atom stereocenters. The highest BCUT2D eigenvalue weighted by atomic mass is 19.3. The van der Waals surface area contributed by atoms with E-state index in [2.05, 4.69) is 32.3 Å². The predicted molar refractivity (Wildman–Crippen MR) is 162 cm³/mol. The molecule has 0 aliphatic carbocycles. The quantitative estimate of drug-likeness (QED) is 0.380. The Balaban J connectivity index is 1.12. The van der Waals surface area contributed by atoms with Crippen molar-refractivity contribution in [2.45, 2.75) is 56.3 Å². The molecule has 10 nitrogen and oxygen atoms in total. The highest BCUT2D eigenvalue weighted by Crippen LogP contribution is 2.35. The molecule has 2 atom stereocenters. The van der Waals surface area contributed by atoms with Crippen molar-refractivity contribution in [2.24, 2.45) is 0 Å². The fourth-order valence-electron chi connectivity index (χ4n) is 6.16. The number of anilines is 2. The number of rotatable bonds is 8. The van der Waals surface area contributed by atoms with Crippen LogP contribution in [0.5, 0.6) is 5.75 Å². The minimum absolute atomic E-state index is 0.0130. The third-order valence-corrected chi connectivity index (χ3v) is 8.80. The minimum Gasteiger partial charge on any atom is -0.483 e. The molecule has 3 aliphatic rings. The molecule has 0 bridgehead atoms. The number of nitriles is 1. The van der Waals surface area contributed by atoms with Crippen molar-refractivity contribution < 1.29 is 28.2 Å². The van der Waals surface area contributed by atoms with Crippen molar-refractivity contribution >= 4 is 17.5 Å². The number of ether oxygens (including phenoxy) is 2. The number of amides is 1. The molecule has 1 amide bonds. The maximum Gasteiger partial charge on any atom is 0.301 e. The van der Waals surface area contributed by atoms with Crippen LogP contribution in [0.3, 0.4) is 0 Å². The number of alkyl halides is 2. The Labute approximate surface area is 260 Å². The molecule has 3 aromatic rings. The number of nitrogens with one attached hydrogen (secondary N) is 1. The third kappa shape index (κ3) is 6.91. The van der Waals surface area contributed by atoms with E-state index in [0.717, 1.165) is 49.7 Å². The summed E-state index contributed by atoms with van der Waals surface area (Å²) >= 11 is 0. The van der Waals surface area contributed by atoms with E-state index in [1.54, 1.807) is 24.4 Å². The Hall–Kier alpha value is -4.18. The number of aromatic nitrogens is 2. The highest BCUT2D eigenvalue weighted by Gasteiger charge is 2.48. The monoisotopic (exact) mass is 618 g/mol. The number of benzene rings is 2. The number of aliphatic hydroxyl groups excluding tert-OH is 1. The number of likely N-dealkylation sites (tertiary alicyclic amines) is 2. The Morgan fingerprint density at radius 2 is 1.96 bits per heavy atom. The summed E-state index contributed by atoms with van der Waals surface area (Å²) in [5.74, 6) is -3.21. The molecule has 4 heterocycles. The summed E-state index contributed by atoms with van der Waals surface area (Å²) < 4.78 is 40.8. The summed E-state index contributed by atoms with van der Waals surface area (Å²) in [6.07, 6.45) is 0.797. The summed E-state index contributed by atoms with van der Waals surface area (Å²) in [5, 5.41) is 22.6. The van der Waals surface area contributed by atoms with Crippen molar-refractivity contribution in [2.75, 3.05) is 44.7 Å². The lowest BCUT2D eigenvalue weighted by atomic mass is 9.88. The Morgan fingerprint density at radius 1 is 1.16 bits per heavy atom. The predicted octanol–water partition coefficient (Wildman–Crippen LogP) is 4.33. The van der Waals surface area contributed by atoms with E-state index in [-0.39, 0.29) is 24.3 Å². The van der Waals surface area contributed by atoms with E-state index in [1.807, 2.05) is 18.2 Å². The van der Waals surface area contributed by atoms with Gasteiger partial charge in [-0.2, -0.15) is 5.26 Å². The maximum absolute atomic E-state index is 14.9. The van der Waals surface area contributed by atoms with E-state index in [4.69, 9.17) is 9.47 Å².